The molecule has 0 heterocycles. The number of benzene rings is 1. The lowest BCUT2D eigenvalue weighted by Crippen LogP contribution is -2.13. The summed E-state index contributed by atoms with van der Waals surface area (Å²) < 4.78 is 36.8. The molecule has 25 heavy (non-hydrogen) atoms. The number of hydrogen-bond acceptors (Lipinski definition) is 8. The van der Waals surface area contributed by atoms with Gasteiger partial charge in [-0.3, -0.25) is 0 Å². The van der Waals surface area contributed by atoms with E-state index in [0.717, 1.165) is 0 Å². The summed E-state index contributed by atoms with van der Waals surface area (Å²) in [6.07, 6.45) is 0. The Bertz CT molecular complexity index is 523. The van der Waals surface area contributed by atoms with Gasteiger partial charge in [0.05, 0.1) is 33.5 Å². The van der Waals surface area contributed by atoms with Crippen molar-refractivity contribution in [3.05, 3.63) is 21.3 Å². The Morgan fingerprint density at radius 1 is 0.920 bits per heavy atom. The zero-order valence-electron chi connectivity index (χ0n) is 14.5. The van der Waals surface area contributed by atoms with Crippen LogP contribution in [-0.4, -0.2) is 67.3 Å². The molecular weight excluding hydrogens is 447 g/mol. The fourth-order valence-corrected chi connectivity index (χ4v) is 2.47. The highest BCUT2D eigenvalue weighted by Crippen LogP contribution is 2.31. The van der Waals surface area contributed by atoms with Crippen LogP contribution >= 0.6 is 22.6 Å². The number of carbonyl (C=O) groups excluding carboxylic acids is 1. The summed E-state index contributed by atoms with van der Waals surface area (Å²) in [7, 11) is 4.49. The first-order valence-corrected chi connectivity index (χ1v) is 8.52. The number of carbonyl (C=O) groups is 1. The van der Waals surface area contributed by atoms with Crippen LogP contribution in [-0.2, 0) is 23.7 Å². The molecule has 0 atom stereocenters. The number of hydrogen-bond donors (Lipinski definition) is 0. The molecule has 1 rings (SSSR count). The van der Waals surface area contributed by atoms with Gasteiger partial charge in [-0.2, -0.15) is 0 Å². The Labute approximate surface area is 160 Å². The van der Waals surface area contributed by atoms with E-state index < -0.39 is 5.97 Å². The summed E-state index contributed by atoms with van der Waals surface area (Å²) in [6.45, 7) is 1.76. The minimum absolute atomic E-state index is 0.0305. The first kappa shape index (κ1) is 21.9. The van der Waals surface area contributed by atoms with Crippen LogP contribution in [0.2, 0.25) is 0 Å². The average molecular weight is 470 g/mol. The van der Waals surface area contributed by atoms with Gasteiger partial charge in [-0.25, -0.2) is 4.79 Å². The average Bonchev–Trinajstić information content (AvgIpc) is 2.60. The molecule has 0 unspecified atom stereocenters. The number of ether oxygens (including phenoxy) is 7. The van der Waals surface area contributed by atoms with Crippen molar-refractivity contribution >= 4 is 28.6 Å². The van der Waals surface area contributed by atoms with Crippen molar-refractivity contribution < 1.29 is 38.0 Å². The predicted molar refractivity (Wildman–Crippen MR) is 97.1 cm³/mol. The van der Waals surface area contributed by atoms with Crippen LogP contribution in [0, 0.1) is 3.57 Å². The van der Waals surface area contributed by atoms with Gasteiger partial charge in [-0.05, 0) is 28.7 Å². The lowest BCUT2D eigenvalue weighted by Gasteiger charge is -2.15. The number of esters is 1. The largest absolute Gasteiger partial charge is 0.467 e. The van der Waals surface area contributed by atoms with Crippen LogP contribution in [0.15, 0.2) is 12.1 Å². The van der Waals surface area contributed by atoms with Gasteiger partial charge in [0.1, 0.15) is 17.1 Å². The van der Waals surface area contributed by atoms with E-state index in [0.29, 0.717) is 47.1 Å². The third-order valence-corrected chi connectivity index (χ3v) is 3.74. The van der Waals surface area contributed by atoms with Crippen LogP contribution in [0.3, 0.4) is 0 Å². The fraction of sp³-hybridized carbons (Fsp3) is 0.562. The number of rotatable bonds is 13. The molecular formula is C16H23IO8. The molecule has 9 heteroatoms. The molecule has 1 aromatic rings. The standard InChI is InChI=1S/C16H23IO8/c1-19-4-6-22-10-24-12-8-13(17)15(16(18)21-3)14(9-12)25-11-23-7-5-20-2/h8-9H,4-7,10-11H2,1-3H3. The maximum Gasteiger partial charge on any atom is 0.342 e. The highest BCUT2D eigenvalue weighted by atomic mass is 127. The summed E-state index contributed by atoms with van der Waals surface area (Å²) in [4.78, 5) is 12.0. The number of methoxy groups -OCH3 is 3. The first-order chi connectivity index (χ1) is 12.1. The van der Waals surface area contributed by atoms with E-state index in [1.165, 1.54) is 7.11 Å². The third kappa shape index (κ3) is 8.19. The fourth-order valence-electron chi connectivity index (χ4n) is 1.67. The molecule has 1 aromatic carbocycles. The number of halogens is 1. The Morgan fingerprint density at radius 2 is 1.52 bits per heavy atom. The molecule has 0 amide bonds. The molecule has 8 nitrogen and oxygen atoms in total. The Hall–Kier alpha value is -1.14. The van der Waals surface area contributed by atoms with Crippen molar-refractivity contribution in [3.8, 4) is 11.5 Å². The molecule has 0 aliphatic carbocycles. The Balaban J connectivity index is 2.75. The smallest absolute Gasteiger partial charge is 0.342 e. The van der Waals surface area contributed by atoms with Crippen LogP contribution in [0.25, 0.3) is 0 Å². The minimum Gasteiger partial charge on any atom is -0.467 e. The molecule has 0 bridgehead atoms. The van der Waals surface area contributed by atoms with Crippen molar-refractivity contribution in [2.75, 3.05) is 61.3 Å². The van der Waals surface area contributed by atoms with E-state index in [4.69, 9.17) is 33.2 Å². The van der Waals surface area contributed by atoms with E-state index >= 15 is 0 Å². The molecule has 142 valence electrons. The molecule has 0 saturated heterocycles. The summed E-state index contributed by atoms with van der Waals surface area (Å²) >= 11 is 2.02. The third-order valence-electron chi connectivity index (χ3n) is 2.89. The maximum atomic E-state index is 12.0. The predicted octanol–water partition coefficient (Wildman–Crippen LogP) is 2.08. The Kier molecular flexibility index (Phi) is 11.5. The maximum absolute atomic E-state index is 12.0. The van der Waals surface area contributed by atoms with Gasteiger partial charge in [0.15, 0.2) is 13.6 Å². The summed E-state index contributed by atoms with van der Waals surface area (Å²) in [5.41, 5.74) is 0.311. The van der Waals surface area contributed by atoms with Crippen molar-refractivity contribution in [2.45, 2.75) is 0 Å². The van der Waals surface area contributed by atoms with Gasteiger partial charge in [-0.15, -0.1) is 0 Å². The van der Waals surface area contributed by atoms with Gasteiger partial charge >= 0.3 is 5.97 Å². The summed E-state index contributed by atoms with van der Waals surface area (Å²) in [5, 5.41) is 0. The lowest BCUT2D eigenvalue weighted by atomic mass is 10.2. The van der Waals surface area contributed by atoms with Crippen LogP contribution in [0.1, 0.15) is 10.4 Å². The first-order valence-electron chi connectivity index (χ1n) is 7.44. The molecule has 0 fully saturated rings. The van der Waals surface area contributed by atoms with Crippen LogP contribution in [0.4, 0.5) is 0 Å². The van der Waals surface area contributed by atoms with E-state index in [2.05, 4.69) is 0 Å². The SMILES string of the molecule is COCCOCOc1cc(I)c(C(=O)OC)c(OCOCCOC)c1. The van der Waals surface area contributed by atoms with Crippen LogP contribution in [0.5, 0.6) is 11.5 Å². The van der Waals surface area contributed by atoms with Gasteiger partial charge in [0.2, 0.25) is 0 Å². The zero-order chi connectivity index (χ0) is 18.5. The normalized spacial score (nSPS) is 10.6. The van der Waals surface area contributed by atoms with E-state index in [-0.39, 0.29) is 13.6 Å². The van der Waals surface area contributed by atoms with E-state index in [1.807, 2.05) is 22.6 Å². The van der Waals surface area contributed by atoms with Crippen molar-refractivity contribution in [2.24, 2.45) is 0 Å². The molecule has 0 aromatic heterocycles. The topological polar surface area (TPSA) is 81.7 Å². The van der Waals surface area contributed by atoms with Crippen molar-refractivity contribution in [1.29, 1.82) is 0 Å². The van der Waals surface area contributed by atoms with Crippen LogP contribution < -0.4 is 9.47 Å². The summed E-state index contributed by atoms with van der Waals surface area (Å²) in [6, 6.07) is 3.29. The zero-order valence-corrected chi connectivity index (χ0v) is 16.7. The highest BCUT2D eigenvalue weighted by Gasteiger charge is 2.19. The van der Waals surface area contributed by atoms with E-state index in [9.17, 15) is 4.79 Å². The second-order valence-corrected chi connectivity index (χ2v) is 5.76. The van der Waals surface area contributed by atoms with E-state index in [1.54, 1.807) is 26.4 Å². The molecule has 0 radical (unpaired) electrons. The molecule has 0 saturated carbocycles. The van der Waals surface area contributed by atoms with Gasteiger partial charge in [0.25, 0.3) is 0 Å². The van der Waals surface area contributed by atoms with Crippen molar-refractivity contribution in [3.63, 3.8) is 0 Å². The van der Waals surface area contributed by atoms with Gasteiger partial charge in [0, 0.05) is 23.9 Å². The van der Waals surface area contributed by atoms with Crippen molar-refractivity contribution in [1.82, 2.24) is 0 Å². The molecule has 0 N–H and O–H groups in total. The molecule has 0 aliphatic rings. The molecule has 0 aliphatic heterocycles. The lowest BCUT2D eigenvalue weighted by molar-refractivity contribution is -0.0120. The van der Waals surface area contributed by atoms with Gasteiger partial charge in [-0.1, -0.05) is 0 Å². The second-order valence-electron chi connectivity index (χ2n) is 4.60. The highest BCUT2D eigenvalue weighted by molar-refractivity contribution is 14.1. The Morgan fingerprint density at radius 3 is 2.08 bits per heavy atom. The van der Waals surface area contributed by atoms with Gasteiger partial charge < -0.3 is 33.2 Å². The summed E-state index contributed by atoms with van der Waals surface area (Å²) in [5.74, 6) is 0.309. The quantitative estimate of drug-likeness (QED) is 0.188. The monoisotopic (exact) mass is 470 g/mol. The molecule has 0 spiro atoms. The minimum atomic E-state index is -0.501. The second kappa shape index (κ2) is 13.1.